The number of aliphatic hydroxyl groups is 3. The molecule has 89 heavy (non-hydrogen) atoms. The average Bonchev–Trinajstić information content (AvgIpc) is 2.57. The van der Waals surface area contributed by atoms with Crippen LogP contribution in [-0.4, -0.2) is 138 Å². The van der Waals surface area contributed by atoms with E-state index in [0.717, 1.165) is 28.3 Å². The van der Waals surface area contributed by atoms with Crippen molar-refractivity contribution in [3.05, 3.63) is 112 Å². The van der Waals surface area contributed by atoms with Crippen LogP contribution in [0.4, 0.5) is 18.9 Å². The number of allylic oxidation sites excluding steroid dienone is 7. The van der Waals surface area contributed by atoms with Gasteiger partial charge in [-0.25, -0.2) is 4.79 Å². The summed E-state index contributed by atoms with van der Waals surface area (Å²) in [6, 6.07) is 12.3. The van der Waals surface area contributed by atoms with E-state index in [1.54, 1.807) is 65.1 Å². The number of rotatable bonds is 13. The van der Waals surface area contributed by atoms with Crippen molar-refractivity contribution in [3.63, 3.8) is 0 Å². The van der Waals surface area contributed by atoms with Crippen LogP contribution in [0.3, 0.4) is 0 Å². The molecule has 21 heteroatoms. The second-order valence-corrected chi connectivity index (χ2v) is 25.8. The number of Topliss-reactive ketones (excluding diaryl/α,β-unsaturated/α-hetero) is 3. The minimum atomic E-state index is -4.69. The number of nitriles is 1. The summed E-state index contributed by atoms with van der Waals surface area (Å²) in [5.74, 6) is -8.81. The Morgan fingerprint density at radius 3 is 2.31 bits per heavy atom. The van der Waals surface area contributed by atoms with Crippen molar-refractivity contribution in [2.24, 2.45) is 41.2 Å². The monoisotopic (exact) mass is 1260 g/mol. The Hall–Kier alpha value is -5.96. The van der Waals surface area contributed by atoms with Crippen LogP contribution in [0.2, 0.25) is 0 Å². The number of fused-ring (bicyclic) bond motifs is 3. The first-order chi connectivity index (χ1) is 42.2. The van der Waals surface area contributed by atoms with Crippen LogP contribution < -0.4 is 11.1 Å². The molecule has 0 spiro atoms. The highest BCUT2D eigenvalue weighted by Crippen LogP contribution is 2.40. The van der Waals surface area contributed by atoms with Crippen LogP contribution in [0.1, 0.15) is 137 Å². The fourth-order valence-corrected chi connectivity index (χ4v) is 13.2. The van der Waals surface area contributed by atoms with Gasteiger partial charge in [0.15, 0.2) is 5.78 Å². The van der Waals surface area contributed by atoms with Crippen LogP contribution in [0.5, 0.6) is 0 Å². The van der Waals surface area contributed by atoms with E-state index in [9.17, 15) is 57.7 Å². The van der Waals surface area contributed by atoms with Crippen LogP contribution in [0.15, 0.2) is 106 Å². The Morgan fingerprint density at radius 1 is 0.910 bits per heavy atom. The number of amides is 1. The van der Waals surface area contributed by atoms with Crippen LogP contribution in [0, 0.1) is 46.8 Å². The van der Waals surface area contributed by atoms with Gasteiger partial charge in [-0.1, -0.05) is 101 Å². The smallest absolute Gasteiger partial charge is 0.417 e. The first kappa shape index (κ1) is 72.1. The SMILES string of the molecule is CO[C@@H]1C[C@@H](CC(C)[C@@H]2CC(=O)[C@H](C)/C=C(\C)[C@@H](O)[C@@H](OC)C(=O)[C@H](C)C[C@H](C)/C=C/C=C/C=C(C)[C@@H](OCCNc3ccc(S/C(N)=C(\C#N)c4ccccc4C(F)(F)F)cc3)C[C@@H]3CC[C@@H](C)[C@@](O)(O3)C(=O)C(=O)N3CCCC[C@H]3C(=O)O2)CC[C@H]1O. The Kier molecular flexibility index (Phi) is 27.0. The van der Waals surface area contributed by atoms with Gasteiger partial charge in [-0.05, 0) is 137 Å². The number of aliphatic hydroxyl groups excluding tert-OH is 2. The molecule has 2 saturated heterocycles. The number of carbonyl (C=O) groups excluding carboxylic acids is 5. The number of hydrogen-bond acceptors (Lipinski definition) is 17. The number of nitrogens with one attached hydrogen (secondary N) is 1. The van der Waals surface area contributed by atoms with E-state index < -0.39 is 102 Å². The zero-order valence-corrected chi connectivity index (χ0v) is 53.5. The maximum atomic E-state index is 14.6. The molecule has 2 aromatic rings. The molecule has 1 amide bonds. The summed E-state index contributed by atoms with van der Waals surface area (Å²) in [6.07, 6.45) is 4.79. The topological polar surface area (TPSA) is 257 Å². The summed E-state index contributed by atoms with van der Waals surface area (Å²) in [7, 11) is 2.90. The molecular formula is C68H91F3N4O13S. The molecule has 6 rings (SSSR count). The van der Waals surface area contributed by atoms with Crippen LogP contribution in [0.25, 0.3) is 5.57 Å². The number of esters is 1. The maximum absolute atomic E-state index is 14.6. The predicted molar refractivity (Wildman–Crippen MR) is 333 cm³/mol. The molecule has 17 nitrogen and oxygen atoms in total. The molecule has 0 aromatic heterocycles. The number of nitrogens with zero attached hydrogens (tertiary/aromatic N) is 2. The number of methoxy groups -OCH3 is 2. The summed E-state index contributed by atoms with van der Waals surface area (Å²) in [6.45, 7) is 12.9. The Morgan fingerprint density at radius 2 is 1.63 bits per heavy atom. The molecule has 15 atom stereocenters. The molecule has 1 unspecified atom stereocenters. The zero-order valence-electron chi connectivity index (χ0n) is 52.7. The Bertz CT molecular complexity index is 2960. The summed E-state index contributed by atoms with van der Waals surface area (Å²) < 4.78 is 71.8. The molecule has 2 aromatic carbocycles. The summed E-state index contributed by atoms with van der Waals surface area (Å²) in [4.78, 5) is 73.8. The van der Waals surface area contributed by atoms with E-state index >= 15 is 0 Å². The zero-order chi connectivity index (χ0) is 65.3. The molecule has 3 heterocycles. The first-order valence-corrected chi connectivity index (χ1v) is 31.9. The summed E-state index contributed by atoms with van der Waals surface area (Å²) in [5, 5.41) is 47.5. The minimum Gasteiger partial charge on any atom is -0.460 e. The number of thioether (sulfide) groups is 1. The number of anilines is 1. The van der Waals surface area contributed by atoms with Crippen molar-refractivity contribution < 1.29 is 76.1 Å². The molecule has 1 aliphatic carbocycles. The van der Waals surface area contributed by atoms with Crippen molar-refractivity contribution in [2.45, 2.75) is 191 Å². The third kappa shape index (κ3) is 19.5. The second-order valence-electron chi connectivity index (χ2n) is 24.7. The number of alkyl halides is 3. The normalized spacial score (nSPS) is 32.4. The van der Waals surface area contributed by atoms with Gasteiger partial charge in [0.25, 0.3) is 11.7 Å². The van der Waals surface area contributed by atoms with Crippen LogP contribution >= 0.6 is 11.8 Å². The highest BCUT2D eigenvalue weighted by Gasteiger charge is 2.53. The molecular weight excluding hydrogens is 1170 g/mol. The van der Waals surface area contributed by atoms with Gasteiger partial charge in [0.05, 0.1) is 47.2 Å². The van der Waals surface area contributed by atoms with Crippen LogP contribution in [-0.2, 0) is 53.8 Å². The number of ether oxygens (including phenoxy) is 5. The third-order valence-electron chi connectivity index (χ3n) is 17.9. The molecule has 488 valence electrons. The fraction of sp³-hybridized carbons (Fsp3) is 0.588. The van der Waals surface area contributed by atoms with Crippen molar-refractivity contribution >= 4 is 52.2 Å². The van der Waals surface area contributed by atoms with E-state index in [1.165, 1.54) is 25.3 Å². The lowest BCUT2D eigenvalue weighted by atomic mass is 9.78. The average molecular weight is 1260 g/mol. The van der Waals surface area contributed by atoms with Gasteiger partial charge < -0.3 is 55.0 Å². The number of hydrogen-bond donors (Lipinski definition) is 5. The van der Waals surface area contributed by atoms with Crippen molar-refractivity contribution in [2.75, 3.05) is 39.2 Å². The lowest BCUT2D eigenvalue weighted by molar-refractivity contribution is -0.266. The van der Waals surface area contributed by atoms with E-state index in [2.05, 4.69) is 5.32 Å². The maximum Gasteiger partial charge on any atom is 0.417 e. The van der Waals surface area contributed by atoms with Crippen molar-refractivity contribution in [1.82, 2.24) is 4.90 Å². The number of carbonyl (C=O) groups is 5. The van der Waals surface area contributed by atoms with Gasteiger partial charge in [-0.15, -0.1) is 0 Å². The van der Waals surface area contributed by atoms with E-state index in [0.29, 0.717) is 80.5 Å². The quantitative estimate of drug-likeness (QED) is 0.0312. The van der Waals surface area contributed by atoms with Gasteiger partial charge in [0.1, 0.15) is 36.2 Å². The first-order valence-electron chi connectivity index (χ1n) is 31.0. The fourth-order valence-electron chi connectivity index (χ4n) is 12.4. The number of cyclic esters (lactones) is 1. The molecule has 3 fully saturated rings. The summed E-state index contributed by atoms with van der Waals surface area (Å²) >= 11 is 0.956. The number of nitrogens with two attached hydrogens (primary N) is 1. The van der Waals surface area contributed by atoms with Gasteiger partial charge in [0, 0.05) is 74.1 Å². The number of benzene rings is 2. The minimum absolute atomic E-state index is 0.0188. The van der Waals surface area contributed by atoms with Gasteiger partial charge >= 0.3 is 12.1 Å². The van der Waals surface area contributed by atoms with Gasteiger partial charge in [0.2, 0.25) is 5.79 Å². The van der Waals surface area contributed by atoms with Crippen molar-refractivity contribution in [1.29, 1.82) is 5.26 Å². The highest BCUT2D eigenvalue weighted by atomic mass is 32.2. The number of halogens is 3. The standard InChI is InChI=1S/C68H91F3N4O13S/c1-40-17-11-10-12-18-41(2)57(86-32-30-74-48-24-27-50(28-25-48)89-64(73)52(39-72)51-19-13-14-20-53(51)68(69,70)71)37-49-26-22-46(7)67(83,88-49)63(80)65(81)75-31-16-15-21-54(75)66(82)87-58(43(4)35-47-23-29-55(76)59(36-47)84-8)38-56(77)42(3)34-45(6)61(79)62(85-9)60(78)44(5)33-40/h10-14,17-20,24-25,27-28,34,40,42-44,46-47,49,54-55,57-59,61-62,74,76,79,83H,15-16,21-23,26,29-33,35-38,73H2,1-9H3/b12-10+,17-11+,41-18?,45-34+,64-52+/t40-,42-,43?,44-,46-,47-,49+,54+,55-,57+,58+,59-,61-,62+,67-/m1/s1. The molecule has 4 aliphatic rings. The molecule has 0 radical (unpaired) electrons. The van der Waals surface area contributed by atoms with E-state index in [4.69, 9.17) is 29.4 Å². The summed E-state index contributed by atoms with van der Waals surface area (Å²) in [5.41, 5.74) is 6.45. The lowest BCUT2D eigenvalue weighted by Gasteiger charge is -2.43. The largest absolute Gasteiger partial charge is 0.460 e. The second kappa shape index (κ2) is 33.4. The van der Waals surface area contributed by atoms with Crippen molar-refractivity contribution in [3.8, 4) is 6.07 Å². The Balaban J connectivity index is 1.25. The molecule has 1 saturated carbocycles. The van der Waals surface area contributed by atoms with Gasteiger partial charge in [-0.3, -0.25) is 19.2 Å². The molecule has 2 bridgehead atoms. The highest BCUT2D eigenvalue weighted by molar-refractivity contribution is 8.03. The molecule has 6 N–H and O–H groups in total. The molecule has 3 aliphatic heterocycles. The predicted octanol–water partition coefficient (Wildman–Crippen LogP) is 10.6. The lowest BCUT2D eigenvalue weighted by Crippen LogP contribution is -2.61. The third-order valence-corrected chi connectivity index (χ3v) is 18.8. The number of piperidine rings is 1. The van der Waals surface area contributed by atoms with E-state index in [1.807, 2.05) is 57.2 Å². The Labute approximate surface area is 526 Å². The number of ketones is 3. The van der Waals surface area contributed by atoms with E-state index in [-0.39, 0.29) is 78.1 Å². The van der Waals surface area contributed by atoms with Gasteiger partial charge in [-0.2, -0.15) is 18.4 Å².